The van der Waals surface area contributed by atoms with Crippen LogP contribution in [0, 0.1) is 17.3 Å². The van der Waals surface area contributed by atoms with Crippen LogP contribution in [0.25, 0.3) is 0 Å². The molecule has 2 saturated carbocycles. The number of hydrogen-bond acceptors (Lipinski definition) is 5. The van der Waals surface area contributed by atoms with E-state index in [9.17, 15) is 0 Å². The van der Waals surface area contributed by atoms with Crippen LogP contribution in [0.2, 0.25) is 5.04 Å². The molecule has 0 N–H and O–H groups in total. The monoisotopic (exact) mass is 665 g/mol. The maximum Gasteiger partial charge on any atom is 0.319 e. The number of benzene rings is 3. The summed E-state index contributed by atoms with van der Waals surface area (Å²) in [5, 5.41) is 2.52. The summed E-state index contributed by atoms with van der Waals surface area (Å²) in [5.74, 6) is 2.09. The summed E-state index contributed by atoms with van der Waals surface area (Å²) in [4.78, 5) is 2.18. The minimum Gasteiger partial charge on any atom is -0.534 e. The van der Waals surface area contributed by atoms with Crippen molar-refractivity contribution < 1.29 is 18.6 Å². The average molecular weight is 666 g/mol. The predicted molar refractivity (Wildman–Crippen MR) is 197 cm³/mol. The molecule has 0 amide bonds. The average Bonchev–Trinajstić information content (AvgIpc) is 3.68. The fourth-order valence-corrected chi connectivity index (χ4v) is 14.4. The maximum atomic E-state index is 7.49. The number of nitrogens with zero attached hydrogens (tertiary/aromatic N) is 1. The van der Waals surface area contributed by atoms with E-state index in [1.54, 1.807) is 0 Å². The van der Waals surface area contributed by atoms with E-state index in [2.05, 4.69) is 132 Å². The van der Waals surface area contributed by atoms with Gasteiger partial charge in [-0.2, -0.15) is 0 Å². The summed E-state index contributed by atoms with van der Waals surface area (Å²) in [5.41, 5.74) is 4.41. The summed E-state index contributed by atoms with van der Waals surface area (Å²) in [7, 11) is 1.47. The third-order valence-corrected chi connectivity index (χ3v) is 17.1. The number of likely N-dealkylation sites (N-methyl/N-ethyl adjacent to an activating group) is 1. The van der Waals surface area contributed by atoms with Gasteiger partial charge >= 0.3 is 8.32 Å². The number of hydrogen-bond donors (Lipinski definition) is 0. The van der Waals surface area contributed by atoms with Gasteiger partial charge < -0.3 is 23.5 Å². The quantitative estimate of drug-likeness (QED) is 0.136. The van der Waals surface area contributed by atoms with E-state index in [1.165, 1.54) is 39.9 Å². The molecule has 48 heavy (non-hydrogen) atoms. The molecule has 0 radical (unpaired) electrons. The van der Waals surface area contributed by atoms with E-state index in [0.29, 0.717) is 37.6 Å². The summed E-state index contributed by atoms with van der Waals surface area (Å²) in [6.45, 7) is 13.2. The third-order valence-electron chi connectivity index (χ3n) is 12.2. The minimum atomic E-state index is -2.72. The zero-order valence-corrected chi connectivity index (χ0v) is 31.0. The van der Waals surface area contributed by atoms with Gasteiger partial charge in [-0.15, -0.1) is 0 Å². The van der Waals surface area contributed by atoms with Crippen molar-refractivity contribution in [2.24, 2.45) is 17.3 Å². The topological polar surface area (TPSA) is 40.2 Å². The van der Waals surface area contributed by atoms with Gasteiger partial charge in [0.2, 0.25) is 0 Å². The molecule has 0 bridgehead atoms. The molecule has 6 heteroatoms. The highest BCUT2D eigenvalue weighted by Gasteiger charge is 2.66. The van der Waals surface area contributed by atoms with Gasteiger partial charge in [-0.1, -0.05) is 106 Å². The molecule has 4 unspecified atom stereocenters. The highest BCUT2D eigenvalue weighted by Crippen LogP contribution is 2.67. The first-order chi connectivity index (χ1) is 23.1. The zero-order chi connectivity index (χ0) is 33.6. The Morgan fingerprint density at radius 1 is 0.917 bits per heavy atom. The largest absolute Gasteiger partial charge is 0.534 e. The Balaban J connectivity index is 1.26. The lowest BCUT2D eigenvalue weighted by Crippen LogP contribution is -2.68. The molecule has 256 valence electrons. The van der Waals surface area contributed by atoms with E-state index in [4.69, 9.17) is 18.6 Å². The van der Waals surface area contributed by atoms with Crippen LogP contribution >= 0.6 is 0 Å². The lowest BCUT2D eigenvalue weighted by atomic mass is 9.53. The second-order valence-corrected chi connectivity index (χ2v) is 20.4. The van der Waals surface area contributed by atoms with Crippen molar-refractivity contribution >= 4 is 18.7 Å². The van der Waals surface area contributed by atoms with Crippen molar-refractivity contribution in [3.05, 3.63) is 102 Å². The van der Waals surface area contributed by atoms with Gasteiger partial charge in [0, 0.05) is 24.3 Å². The van der Waals surface area contributed by atoms with Gasteiger partial charge in [-0.3, -0.25) is 0 Å². The van der Waals surface area contributed by atoms with Crippen LogP contribution in [-0.4, -0.2) is 66.1 Å². The Morgan fingerprint density at radius 3 is 2.21 bits per heavy atom. The lowest BCUT2D eigenvalue weighted by Gasteiger charge is -2.54. The molecule has 1 aliphatic heterocycles. The molecule has 7 rings (SSSR count). The number of ether oxygens (including phenoxy) is 3. The normalized spacial score (nSPS) is 27.2. The smallest absolute Gasteiger partial charge is 0.319 e. The minimum absolute atomic E-state index is 0.0238. The molecular weight excluding hydrogens is 611 g/mol. The van der Waals surface area contributed by atoms with Gasteiger partial charge in [0.15, 0.2) is 5.79 Å². The van der Waals surface area contributed by atoms with Gasteiger partial charge in [-0.05, 0) is 90.3 Å². The second kappa shape index (κ2) is 13.2. The number of aryl methyl sites for hydroxylation is 1. The highest BCUT2D eigenvalue weighted by atomic mass is 28.4. The van der Waals surface area contributed by atoms with Gasteiger partial charge in [0.1, 0.15) is 5.75 Å². The SMILES string of the molecule is CN(C)CCOCC=C1CC2(C)C(CCC23OCCO3)C2CCc3cc(O[Si](c4ccccc4)(c4ccccc4)C(C)(C)C)ccc3C12. The van der Waals surface area contributed by atoms with Gasteiger partial charge in [0.25, 0.3) is 0 Å². The number of allylic oxidation sites excluding steroid dienone is 1. The van der Waals surface area contributed by atoms with Crippen LogP contribution < -0.4 is 14.8 Å². The summed E-state index contributed by atoms with van der Waals surface area (Å²) < 4.78 is 26.7. The molecular formula is C42H55NO4Si. The van der Waals surface area contributed by atoms with Crippen molar-refractivity contribution in [2.45, 2.75) is 76.5 Å². The standard InChI is InChI=1S/C42H55NO4Si/c1-40(2,3)48(34-13-9-7-10-14-34,35-15-11-8-12-16-35)47-33-18-20-36-31(29-33)17-19-37-38-21-23-42(45-27-28-46-42)41(38,4)30-32(39(36)37)22-25-44-26-24-43(5)6/h7-16,18,20,22,29,37-39H,17,19,21,23-28,30H2,1-6H3. The van der Waals surface area contributed by atoms with Crippen LogP contribution in [0.4, 0.5) is 0 Å². The van der Waals surface area contributed by atoms with E-state index in [1.807, 2.05) is 0 Å². The molecule has 3 aliphatic carbocycles. The van der Waals surface area contributed by atoms with Gasteiger partial charge in [-0.25, -0.2) is 0 Å². The fraction of sp³-hybridized carbons (Fsp3) is 0.524. The predicted octanol–water partition coefficient (Wildman–Crippen LogP) is 7.34. The lowest BCUT2D eigenvalue weighted by molar-refractivity contribution is -0.232. The Bertz CT molecular complexity index is 1550. The van der Waals surface area contributed by atoms with Crippen LogP contribution in [0.15, 0.2) is 90.5 Å². The van der Waals surface area contributed by atoms with Crippen molar-refractivity contribution in [1.82, 2.24) is 4.90 Å². The molecule has 1 saturated heterocycles. The molecule has 3 aromatic rings. The molecule has 4 aliphatic rings. The van der Waals surface area contributed by atoms with Crippen LogP contribution in [0.5, 0.6) is 5.75 Å². The molecule has 3 fully saturated rings. The van der Waals surface area contributed by atoms with E-state index >= 15 is 0 Å². The van der Waals surface area contributed by atoms with E-state index < -0.39 is 14.1 Å². The molecule has 3 aromatic carbocycles. The van der Waals surface area contributed by atoms with Crippen molar-refractivity contribution in [2.75, 3.05) is 47.1 Å². The molecule has 1 heterocycles. The Morgan fingerprint density at radius 2 is 1.58 bits per heavy atom. The molecule has 0 aromatic heterocycles. The Kier molecular flexibility index (Phi) is 9.27. The second-order valence-electron chi connectivity index (χ2n) is 16.2. The van der Waals surface area contributed by atoms with E-state index in [0.717, 1.165) is 38.2 Å². The first kappa shape index (κ1) is 33.7. The summed E-state index contributed by atoms with van der Waals surface area (Å²) in [6.07, 6.45) is 7.84. The van der Waals surface area contributed by atoms with Crippen LogP contribution in [-0.2, 0) is 20.6 Å². The third kappa shape index (κ3) is 5.71. The van der Waals surface area contributed by atoms with E-state index in [-0.39, 0.29) is 10.5 Å². The van der Waals surface area contributed by atoms with Crippen LogP contribution in [0.3, 0.4) is 0 Å². The first-order valence-corrected chi connectivity index (χ1v) is 20.1. The van der Waals surface area contributed by atoms with Crippen molar-refractivity contribution in [3.63, 3.8) is 0 Å². The Hall–Kier alpha value is -2.74. The maximum absolute atomic E-state index is 7.49. The van der Waals surface area contributed by atoms with Gasteiger partial charge in [0.05, 0.1) is 26.4 Å². The van der Waals surface area contributed by atoms with Crippen molar-refractivity contribution in [1.29, 1.82) is 0 Å². The molecule has 5 nitrogen and oxygen atoms in total. The van der Waals surface area contributed by atoms with Crippen LogP contribution in [0.1, 0.15) is 70.4 Å². The summed E-state index contributed by atoms with van der Waals surface area (Å²) in [6, 6.07) is 29.0. The Labute approximate surface area is 289 Å². The fourth-order valence-electron chi connectivity index (χ4n) is 9.96. The number of rotatable bonds is 9. The number of fused-ring (bicyclic) bond motifs is 6. The highest BCUT2D eigenvalue weighted by molar-refractivity contribution is 7.00. The molecule has 1 spiro atoms. The van der Waals surface area contributed by atoms with Crippen molar-refractivity contribution in [3.8, 4) is 5.75 Å². The first-order valence-electron chi connectivity index (χ1n) is 18.2. The molecule has 4 atom stereocenters. The summed E-state index contributed by atoms with van der Waals surface area (Å²) >= 11 is 0. The zero-order valence-electron chi connectivity index (χ0n) is 30.0.